The van der Waals surface area contributed by atoms with Gasteiger partial charge in [-0.1, -0.05) is 71.0 Å². The van der Waals surface area contributed by atoms with Gasteiger partial charge in [0.1, 0.15) is 24.3 Å². The molecule has 17 heteroatoms. The Hall–Kier alpha value is -5.36. The van der Waals surface area contributed by atoms with E-state index in [4.69, 9.17) is 13.7 Å². The zero-order valence-corrected chi connectivity index (χ0v) is 40.8. The Morgan fingerprint density at radius 2 is 1.82 bits per heavy atom. The van der Waals surface area contributed by atoms with Gasteiger partial charge in [-0.3, -0.25) is 14.5 Å². The molecule has 5 aromatic rings. The summed E-state index contributed by atoms with van der Waals surface area (Å²) < 4.78 is 18.9. The molecule has 3 aliphatic rings. The lowest BCUT2D eigenvalue weighted by atomic mass is 9.91. The molecule has 8 rings (SSSR count). The van der Waals surface area contributed by atoms with E-state index in [1.165, 1.54) is 0 Å². The summed E-state index contributed by atoms with van der Waals surface area (Å²) in [7, 11) is -2.23. The van der Waals surface area contributed by atoms with Crippen LogP contribution in [0.25, 0.3) is 21.7 Å². The first kappa shape index (κ1) is 46.2. The van der Waals surface area contributed by atoms with E-state index in [1.54, 1.807) is 34.4 Å². The molecule has 15 nitrogen and oxygen atoms in total. The molecule has 346 valence electrons. The summed E-state index contributed by atoms with van der Waals surface area (Å²) in [6, 6.07) is 18.3. The summed E-state index contributed by atoms with van der Waals surface area (Å²) in [4.78, 5) is 41.1. The number of phenols is 1. The van der Waals surface area contributed by atoms with E-state index in [-0.39, 0.29) is 46.7 Å². The molecule has 5 atom stereocenters. The minimum absolute atomic E-state index is 0.0416. The van der Waals surface area contributed by atoms with Crippen molar-refractivity contribution in [3.8, 4) is 33.3 Å². The van der Waals surface area contributed by atoms with Crippen LogP contribution < -0.4 is 20.3 Å². The number of ether oxygens (including phenoxy) is 1. The highest BCUT2D eigenvalue weighted by atomic mass is 32.1. The molecule has 2 fully saturated rings. The predicted octanol–water partition coefficient (Wildman–Crippen LogP) is 7.87. The van der Waals surface area contributed by atoms with Gasteiger partial charge in [-0.2, -0.15) is 0 Å². The van der Waals surface area contributed by atoms with Crippen LogP contribution in [0.4, 0.5) is 11.5 Å². The van der Waals surface area contributed by atoms with Crippen molar-refractivity contribution in [1.29, 1.82) is 0 Å². The SMILES string of the molecule is Cc1ncsc1-c1ccc([C@H](C)NC(=O)[C@@H]2C[C@@H](O[Si](C)(C)C(C)(C)C)CN2C(=O)[C@@H](c2cc(OCCN3CCN4c5cc(-c6ccccc6O)nnc5NCC4C3)no2)C(C)C)cc1. The van der Waals surface area contributed by atoms with Crippen LogP contribution in [0, 0.1) is 12.8 Å². The molecule has 3 aromatic heterocycles. The molecule has 1 unspecified atom stereocenters. The molecule has 6 heterocycles. The zero-order chi connectivity index (χ0) is 46.2. The fourth-order valence-corrected chi connectivity index (χ4v) is 11.1. The number of para-hydroxylation sites is 1. The van der Waals surface area contributed by atoms with Crippen molar-refractivity contribution in [3.05, 3.63) is 83.2 Å². The number of anilines is 2. The lowest BCUT2D eigenvalue weighted by Crippen LogP contribution is -2.58. The van der Waals surface area contributed by atoms with Crippen LogP contribution in [0.5, 0.6) is 11.6 Å². The van der Waals surface area contributed by atoms with Crippen LogP contribution in [0.2, 0.25) is 18.1 Å². The Morgan fingerprint density at radius 3 is 2.52 bits per heavy atom. The van der Waals surface area contributed by atoms with E-state index in [2.05, 4.69) is 86.8 Å². The summed E-state index contributed by atoms with van der Waals surface area (Å²) in [6.45, 7) is 23.5. The summed E-state index contributed by atoms with van der Waals surface area (Å²) in [5, 5.41) is 30.1. The van der Waals surface area contributed by atoms with Crippen molar-refractivity contribution in [3.63, 3.8) is 0 Å². The van der Waals surface area contributed by atoms with Gasteiger partial charge in [0.2, 0.25) is 11.8 Å². The van der Waals surface area contributed by atoms with Crippen LogP contribution in [0.15, 0.2) is 70.7 Å². The highest BCUT2D eigenvalue weighted by Crippen LogP contribution is 2.41. The van der Waals surface area contributed by atoms with Crippen molar-refractivity contribution in [2.45, 2.75) is 103 Å². The van der Waals surface area contributed by atoms with E-state index in [0.29, 0.717) is 49.0 Å². The molecular formula is C48H63N9O6SSi. The van der Waals surface area contributed by atoms with Gasteiger partial charge in [-0.05, 0) is 72.4 Å². The van der Waals surface area contributed by atoms with Crippen LogP contribution in [-0.4, -0.2) is 119 Å². The van der Waals surface area contributed by atoms with Crippen LogP contribution in [0.3, 0.4) is 0 Å². The highest BCUT2D eigenvalue weighted by molar-refractivity contribution is 7.13. The molecule has 3 aliphatic heterocycles. The number of hydrogen-bond acceptors (Lipinski definition) is 14. The molecule has 0 saturated carbocycles. The molecule has 3 N–H and O–H groups in total. The van der Waals surface area contributed by atoms with E-state index in [1.807, 2.05) is 63.5 Å². The Kier molecular flexibility index (Phi) is 13.4. The topological polar surface area (TPSA) is 171 Å². The number of carbonyl (C=O) groups is 2. The molecular weight excluding hydrogens is 859 g/mol. The van der Waals surface area contributed by atoms with Gasteiger partial charge in [-0.15, -0.1) is 21.5 Å². The number of thiazole rings is 1. The van der Waals surface area contributed by atoms with Gasteiger partial charge in [0.25, 0.3) is 5.88 Å². The molecule has 0 aliphatic carbocycles. The Bertz CT molecular complexity index is 2470. The summed E-state index contributed by atoms with van der Waals surface area (Å²) >= 11 is 1.61. The number of hydrogen-bond donors (Lipinski definition) is 3. The van der Waals surface area contributed by atoms with Gasteiger partial charge in [-0.25, -0.2) is 4.98 Å². The maximum absolute atomic E-state index is 14.8. The predicted molar refractivity (Wildman–Crippen MR) is 256 cm³/mol. The van der Waals surface area contributed by atoms with Gasteiger partial charge >= 0.3 is 0 Å². The lowest BCUT2D eigenvalue weighted by Gasteiger charge is -2.45. The normalized spacial score (nSPS) is 19.9. The number of likely N-dealkylation sites (tertiary alicyclic amines) is 1. The molecule has 2 saturated heterocycles. The molecule has 0 radical (unpaired) electrons. The minimum atomic E-state index is -2.23. The first-order chi connectivity index (χ1) is 31.0. The smallest absolute Gasteiger partial charge is 0.254 e. The van der Waals surface area contributed by atoms with Crippen molar-refractivity contribution in [2.24, 2.45) is 5.92 Å². The van der Waals surface area contributed by atoms with Crippen molar-refractivity contribution >= 4 is 43.0 Å². The van der Waals surface area contributed by atoms with Crippen molar-refractivity contribution in [1.82, 2.24) is 35.5 Å². The highest BCUT2D eigenvalue weighted by Gasteiger charge is 2.48. The first-order valence-corrected chi connectivity index (χ1v) is 26.5. The Labute approximate surface area is 387 Å². The number of aromatic hydroxyl groups is 1. The van der Waals surface area contributed by atoms with Crippen LogP contribution in [-0.2, 0) is 14.0 Å². The number of nitrogens with one attached hydrogen (secondary N) is 2. The lowest BCUT2D eigenvalue weighted by molar-refractivity contribution is -0.141. The Balaban J connectivity index is 0.908. The van der Waals surface area contributed by atoms with Gasteiger partial charge in [0.05, 0.1) is 45.7 Å². The maximum atomic E-state index is 14.8. The largest absolute Gasteiger partial charge is 0.507 e. The van der Waals surface area contributed by atoms with Crippen molar-refractivity contribution in [2.75, 3.05) is 56.1 Å². The number of rotatable bonds is 14. The number of piperazine rings is 1. The quantitative estimate of drug-likeness (QED) is 0.0921. The standard InChI is InChI=1S/C48H63N9O6SSi/c1-29(2)43(41-24-42(54-62-41)61-21-20-55-18-19-56-34(26-55)25-49-45-38(56)23-37(52-53-45)36-12-10-11-13-40(36)58)47(60)57-27-35(63-65(8,9)48(5,6)7)22-39(57)46(59)51-30(3)32-14-16-33(17-15-32)44-31(4)50-28-64-44/h10-17,23-24,28-30,34-35,39,43,58H,18-22,25-27H2,1-9H3,(H,49,53)(H,51,59)/t30-,34?,35+,39-,43+/m0/s1. The third-order valence-electron chi connectivity index (χ3n) is 13.6. The molecule has 2 aromatic carbocycles. The molecule has 2 amide bonds. The summed E-state index contributed by atoms with van der Waals surface area (Å²) in [6.07, 6.45) is 0.117. The van der Waals surface area contributed by atoms with Gasteiger partial charge in [0.15, 0.2) is 19.9 Å². The van der Waals surface area contributed by atoms with Crippen LogP contribution in [0.1, 0.15) is 76.9 Å². The van der Waals surface area contributed by atoms with Gasteiger partial charge in [0, 0.05) is 57.3 Å². The maximum Gasteiger partial charge on any atom is 0.254 e. The molecule has 65 heavy (non-hydrogen) atoms. The average Bonchev–Trinajstić information content (AvgIpc) is 4.03. The Morgan fingerprint density at radius 1 is 1.05 bits per heavy atom. The zero-order valence-electron chi connectivity index (χ0n) is 39.0. The van der Waals surface area contributed by atoms with E-state index in [9.17, 15) is 14.7 Å². The van der Waals surface area contributed by atoms with Crippen molar-refractivity contribution < 1.29 is 28.4 Å². The number of aryl methyl sites for hydroxylation is 1. The number of phenolic OH excluding ortho intramolecular Hbond substituents is 1. The fourth-order valence-electron chi connectivity index (χ4n) is 8.92. The number of carbonyl (C=O) groups excluding carboxylic acids is 2. The van der Waals surface area contributed by atoms with E-state index < -0.39 is 20.3 Å². The van der Waals surface area contributed by atoms with E-state index >= 15 is 0 Å². The summed E-state index contributed by atoms with van der Waals surface area (Å²) in [5.41, 5.74) is 7.16. The minimum Gasteiger partial charge on any atom is -0.507 e. The number of aromatic nitrogens is 4. The van der Waals surface area contributed by atoms with E-state index in [0.717, 1.165) is 59.4 Å². The number of benzene rings is 2. The number of fused-ring (bicyclic) bond motifs is 3. The first-order valence-electron chi connectivity index (χ1n) is 22.7. The molecule has 0 spiro atoms. The van der Waals surface area contributed by atoms with Crippen LogP contribution >= 0.6 is 11.3 Å². The second kappa shape index (κ2) is 18.9. The number of nitrogens with zero attached hydrogens (tertiary/aromatic N) is 7. The average molecular weight is 922 g/mol. The molecule has 0 bridgehead atoms. The second-order valence-electron chi connectivity index (χ2n) is 19.5. The van der Waals surface area contributed by atoms with Gasteiger partial charge < -0.3 is 39.2 Å². The summed E-state index contributed by atoms with van der Waals surface area (Å²) in [5.74, 6) is 0.398. The monoisotopic (exact) mass is 921 g/mol. The third-order valence-corrected chi connectivity index (χ3v) is 19.1. The fraction of sp³-hybridized carbons (Fsp3) is 0.500. The second-order valence-corrected chi connectivity index (χ2v) is 25.1. The third kappa shape index (κ3) is 9.93. The number of amides is 2.